The molecule has 6 heteroatoms. The first-order valence-electron chi connectivity index (χ1n) is 6.64. The van der Waals surface area contributed by atoms with Crippen LogP contribution < -0.4 is 4.72 Å². The van der Waals surface area contributed by atoms with E-state index in [0.717, 1.165) is 17.3 Å². The van der Waals surface area contributed by atoms with Crippen molar-refractivity contribution in [2.75, 3.05) is 6.26 Å². The van der Waals surface area contributed by atoms with Crippen LogP contribution in [0.1, 0.15) is 10.4 Å². The Labute approximate surface area is 128 Å². The van der Waals surface area contributed by atoms with Crippen molar-refractivity contribution in [3.63, 3.8) is 0 Å². The van der Waals surface area contributed by atoms with Crippen LogP contribution in [0.3, 0.4) is 0 Å². The number of carbonyl (C=O) groups excluding carboxylic acids is 1. The third-order valence-corrected chi connectivity index (χ3v) is 3.83. The van der Waals surface area contributed by atoms with Gasteiger partial charge in [0.2, 0.25) is 10.0 Å². The first-order chi connectivity index (χ1) is 10.5. The fourth-order valence-corrected chi connectivity index (χ4v) is 2.86. The zero-order valence-corrected chi connectivity index (χ0v) is 12.6. The molecule has 1 heterocycles. The van der Waals surface area contributed by atoms with Gasteiger partial charge in [-0.25, -0.2) is 13.1 Å². The molecule has 3 rings (SSSR count). The second-order valence-electron chi connectivity index (χ2n) is 4.99. The minimum absolute atomic E-state index is 0.326. The van der Waals surface area contributed by atoms with E-state index in [2.05, 4.69) is 4.98 Å². The van der Waals surface area contributed by atoms with E-state index >= 15 is 0 Å². The molecule has 0 saturated heterocycles. The predicted molar refractivity (Wildman–Crippen MR) is 86.0 cm³/mol. The topological polar surface area (TPSA) is 79.0 Å². The Kier molecular flexibility index (Phi) is 3.46. The Hall–Kier alpha value is -2.60. The molecular weight excluding hydrogens is 300 g/mol. The smallest absolute Gasteiger partial charge is 0.267 e. The van der Waals surface area contributed by atoms with E-state index in [4.69, 9.17) is 0 Å². The van der Waals surface area contributed by atoms with Crippen LogP contribution in [0.15, 0.2) is 54.6 Å². The van der Waals surface area contributed by atoms with Crippen molar-refractivity contribution in [2.45, 2.75) is 0 Å². The first kappa shape index (κ1) is 14.3. The maximum Gasteiger partial charge on any atom is 0.267 e. The van der Waals surface area contributed by atoms with Gasteiger partial charge in [-0.15, -0.1) is 0 Å². The number of hydrogen-bond donors (Lipinski definition) is 2. The Morgan fingerprint density at radius 3 is 2.32 bits per heavy atom. The summed E-state index contributed by atoms with van der Waals surface area (Å²) in [6.07, 6.45) is 0.960. The van der Waals surface area contributed by atoms with Crippen LogP contribution in [0.4, 0.5) is 0 Å². The van der Waals surface area contributed by atoms with Gasteiger partial charge in [0.25, 0.3) is 5.91 Å². The molecule has 0 fully saturated rings. The van der Waals surface area contributed by atoms with Crippen LogP contribution in [0, 0.1) is 0 Å². The molecular formula is C16H14N2O3S. The molecule has 0 spiro atoms. The summed E-state index contributed by atoms with van der Waals surface area (Å²) in [5, 5.41) is 0.683. The standard InChI is InChI=1S/C16H14N2O3S/c1-22(20,21)18-16(19)14-12-9-5-6-10-13(12)17-15(14)11-7-3-2-4-8-11/h2-10,17H,1H3,(H,18,19). The van der Waals surface area contributed by atoms with Gasteiger partial charge in [0.1, 0.15) is 0 Å². The van der Waals surface area contributed by atoms with Crippen molar-refractivity contribution in [2.24, 2.45) is 0 Å². The van der Waals surface area contributed by atoms with Gasteiger partial charge in [-0.3, -0.25) is 4.79 Å². The lowest BCUT2D eigenvalue weighted by Gasteiger charge is -2.05. The molecule has 0 aliphatic heterocycles. The van der Waals surface area contributed by atoms with Gasteiger partial charge in [-0.05, 0) is 11.6 Å². The number of aromatic amines is 1. The molecule has 2 aromatic carbocycles. The molecule has 1 aromatic heterocycles. The van der Waals surface area contributed by atoms with E-state index in [0.29, 0.717) is 16.6 Å². The van der Waals surface area contributed by atoms with E-state index < -0.39 is 15.9 Å². The monoisotopic (exact) mass is 314 g/mol. The lowest BCUT2D eigenvalue weighted by atomic mass is 10.1. The maximum atomic E-state index is 12.4. The van der Waals surface area contributed by atoms with E-state index in [1.807, 2.05) is 53.3 Å². The molecule has 0 aliphatic rings. The lowest BCUT2D eigenvalue weighted by Crippen LogP contribution is -2.29. The molecule has 0 aliphatic carbocycles. The van der Waals surface area contributed by atoms with Crippen LogP contribution in [-0.4, -0.2) is 25.6 Å². The van der Waals surface area contributed by atoms with Crippen molar-refractivity contribution >= 4 is 26.8 Å². The molecule has 1 amide bonds. The quantitative estimate of drug-likeness (QED) is 0.779. The number of rotatable bonds is 3. The van der Waals surface area contributed by atoms with Gasteiger partial charge < -0.3 is 4.98 Å². The highest BCUT2D eigenvalue weighted by Gasteiger charge is 2.21. The summed E-state index contributed by atoms with van der Waals surface area (Å²) in [5.74, 6) is -0.640. The number of para-hydroxylation sites is 1. The summed E-state index contributed by atoms with van der Waals surface area (Å²) in [5.41, 5.74) is 2.52. The number of amides is 1. The van der Waals surface area contributed by atoms with Crippen molar-refractivity contribution < 1.29 is 13.2 Å². The van der Waals surface area contributed by atoms with Gasteiger partial charge in [-0.2, -0.15) is 0 Å². The zero-order valence-electron chi connectivity index (χ0n) is 11.8. The first-order valence-corrected chi connectivity index (χ1v) is 8.53. The van der Waals surface area contributed by atoms with Gasteiger partial charge >= 0.3 is 0 Å². The number of sulfonamides is 1. The number of nitrogens with one attached hydrogen (secondary N) is 2. The largest absolute Gasteiger partial charge is 0.354 e. The maximum absolute atomic E-state index is 12.4. The zero-order chi connectivity index (χ0) is 15.7. The fraction of sp³-hybridized carbons (Fsp3) is 0.0625. The average molecular weight is 314 g/mol. The molecule has 0 unspecified atom stereocenters. The van der Waals surface area contributed by atoms with E-state index in [1.54, 1.807) is 6.07 Å². The minimum atomic E-state index is -3.63. The summed E-state index contributed by atoms with van der Waals surface area (Å²) in [6.45, 7) is 0. The molecule has 0 radical (unpaired) electrons. The summed E-state index contributed by atoms with van der Waals surface area (Å²) in [4.78, 5) is 15.6. The average Bonchev–Trinajstić information content (AvgIpc) is 2.86. The van der Waals surface area contributed by atoms with Gasteiger partial charge in [0.15, 0.2) is 0 Å². The van der Waals surface area contributed by atoms with Crippen LogP contribution in [0.25, 0.3) is 22.2 Å². The minimum Gasteiger partial charge on any atom is -0.354 e. The number of fused-ring (bicyclic) bond motifs is 1. The number of aromatic nitrogens is 1. The van der Waals surface area contributed by atoms with E-state index in [-0.39, 0.29) is 0 Å². The van der Waals surface area contributed by atoms with E-state index in [9.17, 15) is 13.2 Å². The Bertz CT molecular complexity index is 944. The molecule has 22 heavy (non-hydrogen) atoms. The molecule has 0 bridgehead atoms. The summed E-state index contributed by atoms with van der Waals surface area (Å²) in [6, 6.07) is 16.6. The molecule has 0 atom stereocenters. The highest BCUT2D eigenvalue weighted by Crippen LogP contribution is 2.30. The third-order valence-electron chi connectivity index (χ3n) is 3.27. The highest BCUT2D eigenvalue weighted by atomic mass is 32.2. The highest BCUT2D eigenvalue weighted by molar-refractivity contribution is 7.89. The van der Waals surface area contributed by atoms with Crippen molar-refractivity contribution in [1.82, 2.24) is 9.71 Å². The van der Waals surface area contributed by atoms with Crippen molar-refractivity contribution in [3.05, 3.63) is 60.2 Å². The van der Waals surface area contributed by atoms with Crippen molar-refractivity contribution in [1.29, 1.82) is 0 Å². The summed E-state index contributed by atoms with van der Waals surface area (Å²) in [7, 11) is -3.63. The number of benzene rings is 2. The molecule has 112 valence electrons. The second-order valence-corrected chi connectivity index (χ2v) is 6.74. The summed E-state index contributed by atoms with van der Waals surface area (Å²) >= 11 is 0. The van der Waals surface area contributed by atoms with E-state index in [1.165, 1.54) is 0 Å². The molecule has 5 nitrogen and oxygen atoms in total. The third kappa shape index (κ3) is 2.73. The van der Waals surface area contributed by atoms with Crippen LogP contribution >= 0.6 is 0 Å². The van der Waals surface area contributed by atoms with Gasteiger partial charge in [-0.1, -0.05) is 48.5 Å². The van der Waals surface area contributed by atoms with Crippen LogP contribution in [0.2, 0.25) is 0 Å². The van der Waals surface area contributed by atoms with Gasteiger partial charge in [0, 0.05) is 10.9 Å². The predicted octanol–water partition coefficient (Wildman–Crippen LogP) is 2.52. The number of carbonyl (C=O) groups is 1. The number of H-pyrrole nitrogens is 1. The van der Waals surface area contributed by atoms with Crippen LogP contribution in [-0.2, 0) is 10.0 Å². The Morgan fingerprint density at radius 1 is 1.00 bits per heavy atom. The molecule has 2 N–H and O–H groups in total. The molecule has 0 saturated carbocycles. The molecule has 3 aromatic rings. The van der Waals surface area contributed by atoms with Crippen LogP contribution in [0.5, 0.6) is 0 Å². The SMILES string of the molecule is CS(=O)(=O)NC(=O)c1c(-c2ccccc2)[nH]c2ccccc12. The van der Waals surface area contributed by atoms with Crippen molar-refractivity contribution in [3.8, 4) is 11.3 Å². The Morgan fingerprint density at radius 2 is 1.64 bits per heavy atom. The number of hydrogen-bond acceptors (Lipinski definition) is 3. The Balaban J connectivity index is 2.24. The normalized spacial score (nSPS) is 11.5. The fourth-order valence-electron chi connectivity index (χ4n) is 2.42. The second kappa shape index (κ2) is 5.31. The summed E-state index contributed by atoms with van der Waals surface area (Å²) < 4.78 is 24.8. The lowest BCUT2D eigenvalue weighted by molar-refractivity contribution is 0.0984. The van der Waals surface area contributed by atoms with Gasteiger partial charge in [0.05, 0.1) is 17.5 Å².